The molecule has 0 saturated carbocycles. The third-order valence-corrected chi connectivity index (χ3v) is 4.58. The van der Waals surface area contributed by atoms with Gasteiger partial charge in [-0.1, -0.05) is 5.16 Å². The zero-order valence-electron chi connectivity index (χ0n) is 15.9. The molecule has 0 atom stereocenters. The first kappa shape index (κ1) is 19.6. The number of nitro benzene ring substituents is 1. The Morgan fingerprint density at radius 3 is 2.57 bits per heavy atom. The minimum Gasteiger partial charge on any atom is -0.383 e. The van der Waals surface area contributed by atoms with Crippen molar-refractivity contribution in [2.24, 2.45) is 4.99 Å². The third-order valence-electron chi connectivity index (χ3n) is 4.58. The molecule has 1 fully saturated rings. The SMILES string of the molecule is CN=C(NCCNc1ccc([N+](=O)[O-])cc1)N1CCN(Cc2ccon2)CC1. The molecule has 0 aliphatic carbocycles. The highest BCUT2D eigenvalue weighted by atomic mass is 16.6. The Morgan fingerprint density at radius 2 is 1.96 bits per heavy atom. The molecule has 0 radical (unpaired) electrons. The van der Waals surface area contributed by atoms with Gasteiger partial charge in [0.05, 0.1) is 10.6 Å². The van der Waals surface area contributed by atoms with Crippen molar-refractivity contribution in [3.8, 4) is 0 Å². The van der Waals surface area contributed by atoms with E-state index in [1.807, 2.05) is 6.07 Å². The summed E-state index contributed by atoms with van der Waals surface area (Å²) in [7, 11) is 1.79. The van der Waals surface area contributed by atoms with Crippen LogP contribution in [0.5, 0.6) is 0 Å². The zero-order chi connectivity index (χ0) is 19.8. The maximum absolute atomic E-state index is 10.7. The standard InChI is InChI=1S/C18H25N7O3/c1-19-18(21-8-7-20-15-2-4-17(5-3-15)25(26)27)24-11-9-23(10-12-24)14-16-6-13-28-22-16/h2-6,13,20H,7-12,14H2,1H3,(H,19,21). The first-order chi connectivity index (χ1) is 13.7. The molecule has 2 aromatic rings. The van der Waals surface area contributed by atoms with Crippen molar-refractivity contribution in [2.45, 2.75) is 6.54 Å². The number of rotatable bonds is 7. The van der Waals surface area contributed by atoms with Crippen molar-refractivity contribution in [1.29, 1.82) is 0 Å². The molecule has 150 valence electrons. The molecule has 0 amide bonds. The van der Waals surface area contributed by atoms with Gasteiger partial charge in [0.15, 0.2) is 5.96 Å². The third kappa shape index (κ3) is 5.43. The normalized spacial score (nSPS) is 15.5. The maximum atomic E-state index is 10.7. The van der Waals surface area contributed by atoms with Crippen LogP contribution in [0.25, 0.3) is 0 Å². The molecule has 1 aromatic carbocycles. The Hall–Kier alpha value is -3.14. The van der Waals surface area contributed by atoms with Crippen LogP contribution in [0.2, 0.25) is 0 Å². The first-order valence-corrected chi connectivity index (χ1v) is 9.21. The lowest BCUT2D eigenvalue weighted by Gasteiger charge is -2.36. The lowest BCUT2D eigenvalue weighted by Crippen LogP contribution is -2.52. The van der Waals surface area contributed by atoms with Gasteiger partial charge in [-0.2, -0.15) is 0 Å². The van der Waals surface area contributed by atoms with Crippen LogP contribution in [0.4, 0.5) is 11.4 Å². The highest BCUT2D eigenvalue weighted by Gasteiger charge is 2.20. The first-order valence-electron chi connectivity index (χ1n) is 9.21. The number of guanidine groups is 1. The molecule has 1 aliphatic heterocycles. The molecule has 28 heavy (non-hydrogen) atoms. The van der Waals surface area contributed by atoms with E-state index in [9.17, 15) is 10.1 Å². The van der Waals surface area contributed by atoms with Gasteiger partial charge in [-0.05, 0) is 12.1 Å². The van der Waals surface area contributed by atoms with Crippen molar-refractivity contribution in [1.82, 2.24) is 20.3 Å². The summed E-state index contributed by atoms with van der Waals surface area (Å²) in [6, 6.07) is 8.30. The van der Waals surface area contributed by atoms with E-state index in [1.165, 1.54) is 12.1 Å². The number of benzene rings is 1. The Morgan fingerprint density at radius 1 is 1.21 bits per heavy atom. The van der Waals surface area contributed by atoms with Crippen molar-refractivity contribution >= 4 is 17.3 Å². The molecule has 0 spiro atoms. The van der Waals surface area contributed by atoms with Crippen molar-refractivity contribution < 1.29 is 9.45 Å². The van der Waals surface area contributed by atoms with E-state index in [0.29, 0.717) is 13.1 Å². The molecule has 2 heterocycles. The summed E-state index contributed by atoms with van der Waals surface area (Å²) in [6.07, 6.45) is 1.60. The number of hydrogen-bond acceptors (Lipinski definition) is 7. The molecule has 2 N–H and O–H groups in total. The highest BCUT2D eigenvalue weighted by Crippen LogP contribution is 2.14. The van der Waals surface area contributed by atoms with Crippen LogP contribution in [0.15, 0.2) is 46.1 Å². The molecule has 10 heteroatoms. The van der Waals surface area contributed by atoms with Crippen molar-refractivity contribution in [2.75, 3.05) is 51.6 Å². The summed E-state index contributed by atoms with van der Waals surface area (Å²) < 4.78 is 4.88. The molecule has 1 aliphatic rings. The van der Waals surface area contributed by atoms with E-state index >= 15 is 0 Å². The van der Waals surface area contributed by atoms with Crippen LogP contribution >= 0.6 is 0 Å². The Labute approximate surface area is 163 Å². The van der Waals surface area contributed by atoms with Gasteiger partial charge in [0, 0.05) is 76.7 Å². The average Bonchev–Trinajstić information content (AvgIpc) is 3.22. The number of non-ortho nitro benzene ring substituents is 1. The van der Waals surface area contributed by atoms with Gasteiger partial charge in [0.1, 0.15) is 6.26 Å². The van der Waals surface area contributed by atoms with E-state index in [0.717, 1.165) is 50.1 Å². The summed E-state index contributed by atoms with van der Waals surface area (Å²) >= 11 is 0. The van der Waals surface area contributed by atoms with Gasteiger partial charge in [-0.25, -0.2) is 0 Å². The van der Waals surface area contributed by atoms with Gasteiger partial charge in [0.25, 0.3) is 5.69 Å². The number of nitrogens with zero attached hydrogens (tertiary/aromatic N) is 5. The number of aliphatic imine (C=N–C) groups is 1. The zero-order valence-corrected chi connectivity index (χ0v) is 15.9. The minimum atomic E-state index is -0.402. The number of hydrogen-bond donors (Lipinski definition) is 2. The van der Waals surface area contributed by atoms with Crippen LogP contribution in [0.3, 0.4) is 0 Å². The van der Waals surface area contributed by atoms with Gasteiger partial charge in [-0.15, -0.1) is 0 Å². The molecule has 0 bridgehead atoms. The smallest absolute Gasteiger partial charge is 0.269 e. The van der Waals surface area contributed by atoms with E-state index in [1.54, 1.807) is 25.4 Å². The second kappa shape index (κ2) is 9.70. The van der Waals surface area contributed by atoms with Crippen LogP contribution in [-0.4, -0.2) is 72.2 Å². The number of anilines is 1. The van der Waals surface area contributed by atoms with Crippen molar-refractivity contribution in [3.63, 3.8) is 0 Å². The molecule has 1 saturated heterocycles. The summed E-state index contributed by atoms with van der Waals surface area (Å²) in [5, 5.41) is 21.2. The number of aromatic nitrogens is 1. The van der Waals surface area contributed by atoms with E-state index < -0.39 is 4.92 Å². The fourth-order valence-electron chi connectivity index (χ4n) is 3.08. The number of nitro groups is 1. The molecule has 1 aromatic heterocycles. The van der Waals surface area contributed by atoms with Crippen LogP contribution < -0.4 is 10.6 Å². The molecule has 3 rings (SSSR count). The Bertz CT molecular complexity index is 769. The second-order valence-corrected chi connectivity index (χ2v) is 6.46. The van der Waals surface area contributed by atoms with Crippen molar-refractivity contribution in [3.05, 3.63) is 52.4 Å². The van der Waals surface area contributed by atoms with E-state index in [-0.39, 0.29) is 5.69 Å². The molecule has 0 unspecified atom stereocenters. The quantitative estimate of drug-likeness (QED) is 0.241. The van der Waals surface area contributed by atoms with Crippen LogP contribution in [0.1, 0.15) is 5.69 Å². The van der Waals surface area contributed by atoms with Gasteiger partial charge in [-0.3, -0.25) is 20.0 Å². The monoisotopic (exact) mass is 387 g/mol. The summed E-state index contributed by atoms with van der Waals surface area (Å²) in [6.45, 7) is 5.85. The largest absolute Gasteiger partial charge is 0.383 e. The number of piperazine rings is 1. The van der Waals surface area contributed by atoms with Gasteiger partial charge >= 0.3 is 0 Å². The fourth-order valence-corrected chi connectivity index (χ4v) is 3.08. The second-order valence-electron chi connectivity index (χ2n) is 6.46. The fraction of sp³-hybridized carbons (Fsp3) is 0.444. The molecule has 10 nitrogen and oxygen atoms in total. The summed E-state index contributed by atoms with van der Waals surface area (Å²) in [4.78, 5) is 19.2. The van der Waals surface area contributed by atoms with E-state index in [4.69, 9.17) is 4.52 Å². The Balaban J connectivity index is 1.37. The van der Waals surface area contributed by atoms with Crippen LogP contribution in [-0.2, 0) is 6.54 Å². The Kier molecular flexibility index (Phi) is 6.79. The predicted molar refractivity (Wildman–Crippen MR) is 106 cm³/mol. The van der Waals surface area contributed by atoms with Gasteiger partial charge < -0.3 is 20.1 Å². The average molecular weight is 387 g/mol. The molecular formula is C18H25N7O3. The topological polar surface area (TPSA) is 112 Å². The van der Waals surface area contributed by atoms with Crippen LogP contribution in [0, 0.1) is 10.1 Å². The highest BCUT2D eigenvalue weighted by molar-refractivity contribution is 5.80. The molecular weight excluding hydrogens is 362 g/mol. The number of nitrogens with one attached hydrogen (secondary N) is 2. The van der Waals surface area contributed by atoms with Gasteiger partial charge in [0.2, 0.25) is 0 Å². The van der Waals surface area contributed by atoms with E-state index in [2.05, 4.69) is 30.6 Å². The lowest BCUT2D eigenvalue weighted by atomic mass is 10.3. The lowest BCUT2D eigenvalue weighted by molar-refractivity contribution is -0.384. The summed E-state index contributed by atoms with van der Waals surface area (Å²) in [5.41, 5.74) is 1.89. The predicted octanol–water partition coefficient (Wildman–Crippen LogP) is 1.39. The summed E-state index contributed by atoms with van der Waals surface area (Å²) in [5.74, 6) is 0.881. The minimum absolute atomic E-state index is 0.0896. The maximum Gasteiger partial charge on any atom is 0.269 e.